The van der Waals surface area contributed by atoms with Gasteiger partial charge in [-0.2, -0.15) is 0 Å². The smallest absolute Gasteiger partial charge is 0.294 e. The monoisotopic (exact) mass is 390 g/mol. The van der Waals surface area contributed by atoms with Crippen molar-refractivity contribution in [3.8, 4) is 0 Å². The molecule has 6 nitrogen and oxygen atoms in total. The van der Waals surface area contributed by atoms with E-state index in [9.17, 15) is 9.59 Å². The number of amides is 2. The Morgan fingerprint density at radius 1 is 1.07 bits per heavy atom. The minimum Gasteiger partial charge on any atom is -0.337 e. The Morgan fingerprint density at radius 3 is 2.59 bits per heavy atom. The molecule has 0 unspecified atom stereocenters. The molecule has 0 atom stereocenters. The maximum Gasteiger partial charge on any atom is 0.294 e. The summed E-state index contributed by atoms with van der Waals surface area (Å²) in [5, 5.41) is 0. The minimum atomic E-state index is -0.211. The molecular weight excluding hydrogens is 364 g/mol. The molecule has 1 aliphatic rings. The van der Waals surface area contributed by atoms with Gasteiger partial charge in [-0.3, -0.25) is 14.0 Å². The molecule has 0 aliphatic carbocycles. The lowest BCUT2D eigenvalue weighted by Crippen LogP contribution is -2.36. The summed E-state index contributed by atoms with van der Waals surface area (Å²) in [6, 6.07) is 13.4. The average molecular weight is 390 g/mol. The Hall–Kier alpha value is -3.15. The fourth-order valence-corrected chi connectivity index (χ4v) is 3.95. The summed E-state index contributed by atoms with van der Waals surface area (Å²) >= 11 is 0. The van der Waals surface area contributed by atoms with E-state index in [1.807, 2.05) is 61.2 Å². The molecule has 0 spiro atoms. The molecular formula is C23H26N4O2. The number of rotatable bonds is 4. The third-order valence-electron chi connectivity index (χ3n) is 5.46. The number of nitrogens with zero attached hydrogens (tertiary/aromatic N) is 4. The van der Waals surface area contributed by atoms with Crippen LogP contribution in [0.4, 0.5) is 5.69 Å². The highest BCUT2D eigenvalue weighted by atomic mass is 16.2. The summed E-state index contributed by atoms with van der Waals surface area (Å²) in [6.07, 6.45) is 4.98. The van der Waals surface area contributed by atoms with E-state index in [-0.39, 0.29) is 17.6 Å². The number of hydrogen-bond acceptors (Lipinski definition) is 3. The zero-order chi connectivity index (χ0) is 20.4. The third-order valence-corrected chi connectivity index (χ3v) is 5.46. The van der Waals surface area contributed by atoms with Crippen LogP contribution in [0.25, 0.3) is 5.52 Å². The molecule has 0 N–H and O–H groups in total. The Labute approximate surface area is 170 Å². The summed E-state index contributed by atoms with van der Waals surface area (Å²) in [5.41, 5.74) is 2.94. The highest BCUT2D eigenvalue weighted by Crippen LogP contribution is 2.22. The lowest BCUT2D eigenvalue weighted by molar-refractivity contribution is 0.0721. The van der Waals surface area contributed by atoms with Crippen molar-refractivity contribution in [2.75, 3.05) is 24.5 Å². The van der Waals surface area contributed by atoms with E-state index in [2.05, 4.69) is 4.98 Å². The normalized spacial score (nSPS) is 14.2. The lowest BCUT2D eigenvalue weighted by atomic mass is 10.1. The Morgan fingerprint density at radius 2 is 1.86 bits per heavy atom. The van der Waals surface area contributed by atoms with Crippen molar-refractivity contribution in [1.82, 2.24) is 14.3 Å². The van der Waals surface area contributed by atoms with Crippen LogP contribution in [-0.4, -0.2) is 45.7 Å². The van der Waals surface area contributed by atoms with Gasteiger partial charge in [-0.15, -0.1) is 0 Å². The molecule has 150 valence electrons. The van der Waals surface area contributed by atoms with E-state index in [1.54, 1.807) is 15.5 Å². The number of carbonyl (C=O) groups excluding carboxylic acids is 2. The van der Waals surface area contributed by atoms with Gasteiger partial charge in [0.1, 0.15) is 0 Å². The van der Waals surface area contributed by atoms with Crippen molar-refractivity contribution < 1.29 is 9.59 Å². The van der Waals surface area contributed by atoms with Gasteiger partial charge in [0.2, 0.25) is 5.82 Å². The SMILES string of the molecule is CCN(C(=O)c1nc(C(=O)N2CCCCC2)c2ccccn12)c1cccc(C)c1. The van der Waals surface area contributed by atoms with Crippen LogP contribution in [-0.2, 0) is 0 Å². The van der Waals surface area contributed by atoms with Crippen LogP contribution in [0.15, 0.2) is 48.7 Å². The summed E-state index contributed by atoms with van der Waals surface area (Å²) < 4.78 is 1.73. The molecule has 1 aliphatic heterocycles. The maximum atomic E-state index is 13.4. The number of fused-ring (bicyclic) bond motifs is 1. The van der Waals surface area contributed by atoms with Crippen molar-refractivity contribution in [2.24, 2.45) is 0 Å². The molecule has 1 saturated heterocycles. The largest absolute Gasteiger partial charge is 0.337 e. The van der Waals surface area contributed by atoms with Gasteiger partial charge in [0.15, 0.2) is 5.69 Å². The maximum absolute atomic E-state index is 13.4. The van der Waals surface area contributed by atoms with Gasteiger partial charge < -0.3 is 9.80 Å². The number of imidazole rings is 1. The number of anilines is 1. The predicted octanol–water partition coefficient (Wildman–Crippen LogP) is 3.94. The second-order valence-electron chi connectivity index (χ2n) is 7.48. The Kier molecular flexibility index (Phi) is 5.34. The summed E-state index contributed by atoms with van der Waals surface area (Å²) in [6.45, 7) is 5.95. The first-order valence-electron chi connectivity index (χ1n) is 10.2. The molecule has 2 aromatic heterocycles. The predicted molar refractivity (Wildman–Crippen MR) is 113 cm³/mol. The summed E-state index contributed by atoms with van der Waals surface area (Å²) in [4.78, 5) is 34.7. The number of likely N-dealkylation sites (tertiary alicyclic amines) is 1. The second kappa shape index (κ2) is 8.07. The topological polar surface area (TPSA) is 57.9 Å². The minimum absolute atomic E-state index is 0.0916. The molecule has 4 rings (SSSR count). The van der Waals surface area contributed by atoms with Gasteiger partial charge in [0.05, 0.1) is 5.52 Å². The molecule has 3 aromatic rings. The van der Waals surface area contributed by atoms with E-state index in [4.69, 9.17) is 0 Å². The van der Waals surface area contributed by atoms with E-state index in [0.29, 0.717) is 17.8 Å². The van der Waals surface area contributed by atoms with Crippen LogP contribution < -0.4 is 4.90 Å². The molecule has 0 bridgehead atoms. The number of benzene rings is 1. The van der Waals surface area contributed by atoms with Crippen LogP contribution in [0, 0.1) is 6.92 Å². The van der Waals surface area contributed by atoms with Crippen molar-refractivity contribution >= 4 is 23.0 Å². The van der Waals surface area contributed by atoms with E-state index < -0.39 is 0 Å². The van der Waals surface area contributed by atoms with Gasteiger partial charge in [0, 0.05) is 31.5 Å². The van der Waals surface area contributed by atoms with E-state index >= 15 is 0 Å². The van der Waals surface area contributed by atoms with Crippen LogP contribution in [0.1, 0.15) is 52.9 Å². The molecule has 1 aromatic carbocycles. The van der Waals surface area contributed by atoms with Crippen molar-refractivity contribution in [2.45, 2.75) is 33.1 Å². The molecule has 6 heteroatoms. The fourth-order valence-electron chi connectivity index (χ4n) is 3.95. The van der Waals surface area contributed by atoms with E-state index in [1.165, 1.54) is 0 Å². The standard InChI is InChI=1S/C23H26N4O2/c1-3-26(18-11-9-10-17(2)16-18)23(29)21-24-20(19-12-5-8-15-27(19)21)22(28)25-13-6-4-7-14-25/h5,8-12,15-16H,3-4,6-7,13-14H2,1-2H3. The van der Waals surface area contributed by atoms with Crippen molar-refractivity contribution in [1.29, 1.82) is 0 Å². The van der Waals surface area contributed by atoms with Crippen molar-refractivity contribution in [3.63, 3.8) is 0 Å². The lowest BCUT2D eigenvalue weighted by Gasteiger charge is -2.26. The van der Waals surface area contributed by atoms with Crippen LogP contribution in [0.2, 0.25) is 0 Å². The quantitative estimate of drug-likeness (QED) is 0.678. The average Bonchev–Trinajstić information content (AvgIpc) is 3.14. The van der Waals surface area contributed by atoms with Gasteiger partial charge in [-0.1, -0.05) is 18.2 Å². The van der Waals surface area contributed by atoms with Crippen molar-refractivity contribution in [3.05, 3.63) is 65.7 Å². The van der Waals surface area contributed by atoms with Gasteiger partial charge in [-0.25, -0.2) is 4.98 Å². The molecule has 29 heavy (non-hydrogen) atoms. The molecule has 3 heterocycles. The number of aromatic nitrogens is 2. The van der Waals surface area contributed by atoms with Gasteiger partial charge >= 0.3 is 0 Å². The zero-order valence-corrected chi connectivity index (χ0v) is 17.0. The number of piperidine rings is 1. The zero-order valence-electron chi connectivity index (χ0n) is 17.0. The molecule has 0 saturated carbocycles. The Balaban J connectivity index is 1.75. The first-order chi connectivity index (χ1) is 14.1. The second-order valence-corrected chi connectivity index (χ2v) is 7.48. The van der Waals surface area contributed by atoms with Crippen LogP contribution in [0.5, 0.6) is 0 Å². The van der Waals surface area contributed by atoms with E-state index in [0.717, 1.165) is 43.6 Å². The summed E-state index contributed by atoms with van der Waals surface area (Å²) in [5.74, 6) is -0.0348. The highest BCUT2D eigenvalue weighted by molar-refractivity contribution is 6.07. The number of hydrogen-bond donors (Lipinski definition) is 0. The van der Waals surface area contributed by atoms with Gasteiger partial charge in [0.25, 0.3) is 11.8 Å². The van der Waals surface area contributed by atoms with Gasteiger partial charge in [-0.05, 0) is 62.9 Å². The fraction of sp³-hybridized carbons (Fsp3) is 0.348. The van der Waals surface area contributed by atoms with Crippen LogP contribution in [0.3, 0.4) is 0 Å². The third kappa shape index (κ3) is 3.62. The van der Waals surface area contributed by atoms with Crippen LogP contribution >= 0.6 is 0 Å². The number of pyridine rings is 1. The molecule has 0 radical (unpaired) electrons. The Bertz CT molecular complexity index is 1050. The first-order valence-corrected chi connectivity index (χ1v) is 10.2. The first kappa shape index (κ1) is 19.2. The summed E-state index contributed by atoms with van der Waals surface area (Å²) in [7, 11) is 0. The molecule has 1 fully saturated rings. The number of carbonyl (C=O) groups is 2. The molecule has 2 amide bonds. The highest BCUT2D eigenvalue weighted by Gasteiger charge is 2.28. The number of aryl methyl sites for hydroxylation is 1.